The van der Waals surface area contributed by atoms with Crippen LogP contribution in [-0.4, -0.2) is 25.7 Å². The maximum absolute atomic E-state index is 12.1. The van der Waals surface area contributed by atoms with Crippen molar-refractivity contribution >= 4 is 17.2 Å². The van der Waals surface area contributed by atoms with Gasteiger partial charge in [0.1, 0.15) is 0 Å². The van der Waals surface area contributed by atoms with Crippen LogP contribution in [0.4, 0.5) is 5.82 Å². The second-order valence-electron chi connectivity index (χ2n) is 3.98. The highest BCUT2D eigenvalue weighted by molar-refractivity contribution is 6.08. The van der Waals surface area contributed by atoms with Gasteiger partial charge in [0.15, 0.2) is 5.82 Å². The number of anilines is 1. The summed E-state index contributed by atoms with van der Waals surface area (Å²) in [7, 11) is 0. The van der Waals surface area contributed by atoms with Crippen molar-refractivity contribution in [2.24, 2.45) is 0 Å². The lowest BCUT2D eigenvalue weighted by Crippen LogP contribution is -2.11. The fraction of sp³-hybridized carbons (Fsp3) is 0.0833. The van der Waals surface area contributed by atoms with Gasteiger partial charge in [0.2, 0.25) is 0 Å². The van der Waals surface area contributed by atoms with Crippen molar-refractivity contribution in [1.82, 2.24) is 19.8 Å². The van der Waals surface area contributed by atoms with Crippen molar-refractivity contribution in [1.29, 1.82) is 0 Å². The van der Waals surface area contributed by atoms with Gasteiger partial charge in [-0.3, -0.25) is 9.89 Å². The molecule has 90 valence electrons. The van der Waals surface area contributed by atoms with Crippen molar-refractivity contribution in [2.75, 3.05) is 5.32 Å². The number of nitrogens with zero attached hydrogens (tertiary/aromatic N) is 3. The van der Waals surface area contributed by atoms with E-state index >= 15 is 0 Å². The fourth-order valence-electron chi connectivity index (χ4n) is 1.78. The summed E-state index contributed by atoms with van der Waals surface area (Å²) in [6.07, 6.45) is 3.34. The van der Waals surface area contributed by atoms with Gasteiger partial charge in [-0.25, -0.2) is 4.52 Å². The fourth-order valence-corrected chi connectivity index (χ4v) is 1.78. The van der Waals surface area contributed by atoms with Crippen LogP contribution in [0.25, 0.3) is 5.52 Å². The summed E-state index contributed by atoms with van der Waals surface area (Å²) in [6.45, 7) is 1.87. The highest BCUT2D eigenvalue weighted by Crippen LogP contribution is 2.12. The minimum absolute atomic E-state index is 0.220. The normalized spacial score (nSPS) is 10.7. The molecule has 0 bridgehead atoms. The Kier molecular flexibility index (Phi) is 2.33. The number of carbonyl (C=O) groups excluding carboxylic acids is 1. The zero-order valence-electron chi connectivity index (χ0n) is 9.71. The molecular formula is C12H11N5O. The van der Waals surface area contributed by atoms with Crippen molar-refractivity contribution in [3.8, 4) is 0 Å². The number of amides is 1. The first-order valence-corrected chi connectivity index (χ1v) is 5.50. The number of hydrogen-bond donors (Lipinski definition) is 2. The smallest absolute Gasteiger partial charge is 0.260 e. The first kappa shape index (κ1) is 10.5. The summed E-state index contributed by atoms with van der Waals surface area (Å²) in [4.78, 5) is 12.1. The molecule has 3 heterocycles. The van der Waals surface area contributed by atoms with Crippen LogP contribution < -0.4 is 5.32 Å². The summed E-state index contributed by atoms with van der Waals surface area (Å²) in [6, 6.07) is 7.34. The van der Waals surface area contributed by atoms with Gasteiger partial charge < -0.3 is 5.32 Å². The predicted molar refractivity (Wildman–Crippen MR) is 66.5 cm³/mol. The van der Waals surface area contributed by atoms with E-state index in [1.807, 2.05) is 25.1 Å². The Morgan fingerprint density at radius 1 is 1.44 bits per heavy atom. The van der Waals surface area contributed by atoms with Gasteiger partial charge in [0.25, 0.3) is 5.91 Å². The van der Waals surface area contributed by atoms with Crippen LogP contribution >= 0.6 is 0 Å². The van der Waals surface area contributed by atoms with E-state index in [2.05, 4.69) is 20.6 Å². The zero-order chi connectivity index (χ0) is 12.5. The minimum atomic E-state index is -0.220. The van der Waals surface area contributed by atoms with Gasteiger partial charge >= 0.3 is 0 Å². The average molecular weight is 241 g/mol. The molecule has 0 saturated heterocycles. The Balaban J connectivity index is 1.92. The number of aryl methyl sites for hydroxylation is 1. The quantitative estimate of drug-likeness (QED) is 0.715. The number of H-pyrrole nitrogens is 1. The molecule has 0 fully saturated rings. The number of aromatic nitrogens is 4. The van der Waals surface area contributed by atoms with E-state index in [-0.39, 0.29) is 5.91 Å². The van der Waals surface area contributed by atoms with E-state index in [1.54, 1.807) is 23.0 Å². The maximum atomic E-state index is 12.1. The number of fused-ring (bicyclic) bond motifs is 1. The molecule has 0 saturated carbocycles. The molecule has 2 N–H and O–H groups in total. The Morgan fingerprint density at radius 3 is 3.11 bits per heavy atom. The van der Waals surface area contributed by atoms with Crippen LogP contribution in [0.1, 0.15) is 16.1 Å². The molecule has 3 aromatic rings. The molecule has 0 aliphatic heterocycles. The SMILES string of the molecule is Cc1cc(NC(=O)c2cnn3ccccc23)n[nH]1. The first-order valence-electron chi connectivity index (χ1n) is 5.50. The van der Waals surface area contributed by atoms with Gasteiger partial charge in [-0.15, -0.1) is 0 Å². The largest absolute Gasteiger partial charge is 0.305 e. The number of nitrogens with one attached hydrogen (secondary N) is 2. The van der Waals surface area contributed by atoms with Crippen molar-refractivity contribution in [3.05, 3.63) is 47.9 Å². The summed E-state index contributed by atoms with van der Waals surface area (Å²) < 4.78 is 1.66. The second-order valence-corrected chi connectivity index (χ2v) is 3.98. The van der Waals surface area contributed by atoms with E-state index in [4.69, 9.17) is 0 Å². The van der Waals surface area contributed by atoms with Gasteiger partial charge in [-0.2, -0.15) is 10.2 Å². The van der Waals surface area contributed by atoms with Gasteiger partial charge in [0, 0.05) is 18.0 Å². The lowest BCUT2D eigenvalue weighted by molar-refractivity contribution is 0.102. The molecule has 6 heteroatoms. The monoisotopic (exact) mass is 241 g/mol. The van der Waals surface area contributed by atoms with Crippen LogP contribution in [-0.2, 0) is 0 Å². The molecule has 0 spiro atoms. The van der Waals surface area contributed by atoms with Crippen LogP contribution in [0.5, 0.6) is 0 Å². The molecule has 0 unspecified atom stereocenters. The molecule has 6 nitrogen and oxygen atoms in total. The summed E-state index contributed by atoms with van der Waals surface area (Å²) in [5, 5.41) is 13.6. The molecule has 3 aromatic heterocycles. The number of carbonyl (C=O) groups is 1. The second kappa shape index (κ2) is 3.99. The lowest BCUT2D eigenvalue weighted by Gasteiger charge is -1.99. The van der Waals surface area contributed by atoms with Crippen molar-refractivity contribution < 1.29 is 4.79 Å². The number of rotatable bonds is 2. The van der Waals surface area contributed by atoms with Gasteiger partial charge in [-0.1, -0.05) is 6.07 Å². The molecule has 3 rings (SSSR count). The molecule has 18 heavy (non-hydrogen) atoms. The number of hydrogen-bond acceptors (Lipinski definition) is 3. The third kappa shape index (κ3) is 1.73. The average Bonchev–Trinajstić information content (AvgIpc) is 2.95. The summed E-state index contributed by atoms with van der Waals surface area (Å²) in [5.74, 6) is 0.287. The molecule has 1 amide bonds. The Bertz CT molecular complexity index is 712. The zero-order valence-corrected chi connectivity index (χ0v) is 9.71. The van der Waals surface area contributed by atoms with Crippen molar-refractivity contribution in [2.45, 2.75) is 6.92 Å². The van der Waals surface area contributed by atoms with Crippen molar-refractivity contribution in [3.63, 3.8) is 0 Å². The minimum Gasteiger partial charge on any atom is -0.305 e. The van der Waals surface area contributed by atoms with E-state index in [1.165, 1.54) is 0 Å². The number of aromatic amines is 1. The van der Waals surface area contributed by atoms with Gasteiger partial charge in [-0.05, 0) is 19.1 Å². The predicted octanol–water partition coefficient (Wildman–Crippen LogP) is 1.62. The van der Waals surface area contributed by atoms with Crippen LogP contribution in [0, 0.1) is 6.92 Å². The molecule has 0 radical (unpaired) electrons. The van der Waals surface area contributed by atoms with E-state index < -0.39 is 0 Å². The van der Waals surface area contributed by atoms with E-state index in [0.717, 1.165) is 11.2 Å². The molecule has 0 atom stereocenters. The first-order chi connectivity index (χ1) is 8.74. The maximum Gasteiger partial charge on any atom is 0.260 e. The topological polar surface area (TPSA) is 75.1 Å². The molecular weight excluding hydrogens is 230 g/mol. The Labute approximate surface area is 103 Å². The van der Waals surface area contributed by atoms with E-state index in [0.29, 0.717) is 11.4 Å². The number of pyridine rings is 1. The third-order valence-electron chi connectivity index (χ3n) is 2.62. The van der Waals surface area contributed by atoms with Crippen LogP contribution in [0.2, 0.25) is 0 Å². The highest BCUT2D eigenvalue weighted by atomic mass is 16.1. The standard InChI is InChI=1S/C12H11N5O/c1-8-6-11(16-15-8)14-12(18)9-7-13-17-5-3-2-4-10(9)17/h2-7H,1H3,(H2,14,15,16,18). The van der Waals surface area contributed by atoms with Gasteiger partial charge in [0.05, 0.1) is 17.3 Å². The molecule has 0 aliphatic carbocycles. The lowest BCUT2D eigenvalue weighted by atomic mass is 10.2. The Morgan fingerprint density at radius 2 is 2.33 bits per heavy atom. The van der Waals surface area contributed by atoms with Crippen LogP contribution in [0.3, 0.4) is 0 Å². The third-order valence-corrected chi connectivity index (χ3v) is 2.62. The molecule has 0 aromatic carbocycles. The van der Waals surface area contributed by atoms with Crippen LogP contribution in [0.15, 0.2) is 36.7 Å². The summed E-state index contributed by atoms with van der Waals surface area (Å²) in [5.41, 5.74) is 2.18. The Hall–Kier alpha value is -2.63. The highest BCUT2D eigenvalue weighted by Gasteiger charge is 2.13. The summed E-state index contributed by atoms with van der Waals surface area (Å²) >= 11 is 0. The van der Waals surface area contributed by atoms with E-state index in [9.17, 15) is 4.79 Å². The molecule has 0 aliphatic rings.